The van der Waals surface area contributed by atoms with Crippen molar-refractivity contribution in [2.24, 2.45) is 0 Å². The van der Waals surface area contributed by atoms with Crippen LogP contribution in [0.15, 0.2) is 24.3 Å². The maximum absolute atomic E-state index is 12.2. The molecular weight excluding hydrogens is 282 g/mol. The highest BCUT2D eigenvalue weighted by atomic mass is 16.5. The van der Waals surface area contributed by atoms with E-state index >= 15 is 0 Å². The fourth-order valence-corrected chi connectivity index (χ4v) is 2.46. The molecule has 2 rings (SSSR count). The van der Waals surface area contributed by atoms with Gasteiger partial charge >= 0.3 is 5.97 Å². The molecule has 1 aromatic rings. The molecule has 1 saturated carbocycles. The van der Waals surface area contributed by atoms with Crippen LogP contribution in [0.25, 0.3) is 0 Å². The van der Waals surface area contributed by atoms with E-state index in [1.54, 1.807) is 13.0 Å². The first kappa shape index (κ1) is 16.3. The van der Waals surface area contributed by atoms with Crippen molar-refractivity contribution < 1.29 is 19.4 Å². The molecule has 2 N–H and O–H groups in total. The number of hydrogen-bond acceptors (Lipinski definition) is 3. The Bertz CT molecular complexity index is 564. The molecule has 0 bridgehead atoms. The third-order valence-electron chi connectivity index (χ3n) is 4.19. The topological polar surface area (TPSA) is 75.6 Å². The number of ether oxygens (including phenoxy) is 1. The fraction of sp³-hybridized carbons (Fsp3) is 0.529. The predicted octanol–water partition coefficient (Wildman–Crippen LogP) is 2.70. The van der Waals surface area contributed by atoms with Gasteiger partial charge in [-0.15, -0.1) is 0 Å². The largest absolute Gasteiger partial charge is 0.481 e. The van der Waals surface area contributed by atoms with Crippen LogP contribution in [-0.4, -0.2) is 28.6 Å². The van der Waals surface area contributed by atoms with Crippen molar-refractivity contribution in [2.75, 3.05) is 0 Å². The van der Waals surface area contributed by atoms with Gasteiger partial charge in [0.25, 0.3) is 5.91 Å². The molecule has 1 aliphatic carbocycles. The van der Waals surface area contributed by atoms with Crippen LogP contribution in [0.2, 0.25) is 0 Å². The van der Waals surface area contributed by atoms with E-state index in [9.17, 15) is 14.7 Å². The van der Waals surface area contributed by atoms with E-state index in [-0.39, 0.29) is 0 Å². The molecule has 120 valence electrons. The van der Waals surface area contributed by atoms with Crippen LogP contribution in [0.3, 0.4) is 0 Å². The van der Waals surface area contributed by atoms with E-state index in [1.807, 2.05) is 18.2 Å². The Hall–Kier alpha value is -2.04. The van der Waals surface area contributed by atoms with Crippen molar-refractivity contribution in [1.29, 1.82) is 0 Å². The van der Waals surface area contributed by atoms with Crippen LogP contribution >= 0.6 is 0 Å². The van der Waals surface area contributed by atoms with Gasteiger partial charge in [0.2, 0.25) is 0 Å². The van der Waals surface area contributed by atoms with Gasteiger partial charge in [0.1, 0.15) is 11.3 Å². The standard InChI is InChI=1S/C17H23NO4/c1-11(2)13-6-4-7-14(10-13)22-12(3)15(19)18-17(16(20)21)8-5-9-17/h4,6-7,10-12H,5,8-9H2,1-3H3,(H,18,19)(H,20,21). The Morgan fingerprint density at radius 1 is 1.27 bits per heavy atom. The minimum atomic E-state index is -1.10. The van der Waals surface area contributed by atoms with Gasteiger partial charge in [0.05, 0.1) is 0 Å². The lowest BCUT2D eigenvalue weighted by atomic mass is 9.76. The summed E-state index contributed by atoms with van der Waals surface area (Å²) in [5, 5.41) is 11.9. The van der Waals surface area contributed by atoms with E-state index < -0.39 is 23.5 Å². The number of hydrogen-bond donors (Lipinski definition) is 2. The van der Waals surface area contributed by atoms with Gasteiger partial charge in [0, 0.05) is 0 Å². The van der Waals surface area contributed by atoms with Crippen molar-refractivity contribution >= 4 is 11.9 Å². The summed E-state index contributed by atoms with van der Waals surface area (Å²) in [5.74, 6) is -0.372. The summed E-state index contributed by atoms with van der Waals surface area (Å²) in [7, 11) is 0. The van der Waals surface area contributed by atoms with Gasteiger partial charge in [-0.25, -0.2) is 4.79 Å². The molecule has 1 aromatic carbocycles. The average molecular weight is 305 g/mol. The first-order chi connectivity index (χ1) is 10.3. The number of amides is 1. The Morgan fingerprint density at radius 3 is 2.45 bits per heavy atom. The number of nitrogens with one attached hydrogen (secondary N) is 1. The first-order valence-electron chi connectivity index (χ1n) is 7.66. The van der Waals surface area contributed by atoms with E-state index in [4.69, 9.17) is 4.74 Å². The van der Waals surface area contributed by atoms with Crippen LogP contribution in [0.5, 0.6) is 5.75 Å². The van der Waals surface area contributed by atoms with Gasteiger partial charge in [-0.3, -0.25) is 4.79 Å². The summed E-state index contributed by atoms with van der Waals surface area (Å²) in [6.07, 6.45) is 1.03. The second kappa shape index (κ2) is 6.38. The Labute approximate surface area is 130 Å². The summed E-state index contributed by atoms with van der Waals surface area (Å²) >= 11 is 0. The summed E-state index contributed by atoms with van der Waals surface area (Å²) in [6, 6.07) is 7.60. The van der Waals surface area contributed by atoms with Crippen LogP contribution < -0.4 is 10.1 Å². The summed E-state index contributed by atoms with van der Waals surface area (Å²) < 4.78 is 5.66. The molecular formula is C17H23NO4. The van der Waals surface area contributed by atoms with Crippen molar-refractivity contribution in [2.45, 2.75) is 57.6 Å². The van der Waals surface area contributed by atoms with Crippen LogP contribution in [-0.2, 0) is 9.59 Å². The molecule has 0 radical (unpaired) electrons. The first-order valence-corrected chi connectivity index (χ1v) is 7.66. The molecule has 0 heterocycles. The molecule has 1 amide bonds. The minimum Gasteiger partial charge on any atom is -0.481 e. The molecule has 0 aromatic heterocycles. The van der Waals surface area contributed by atoms with Crippen molar-refractivity contribution in [1.82, 2.24) is 5.32 Å². The van der Waals surface area contributed by atoms with Crippen molar-refractivity contribution in [3.63, 3.8) is 0 Å². The van der Waals surface area contributed by atoms with Crippen LogP contribution in [0.4, 0.5) is 0 Å². The van der Waals surface area contributed by atoms with Gasteiger partial charge in [-0.05, 0) is 49.8 Å². The van der Waals surface area contributed by atoms with Gasteiger partial charge < -0.3 is 15.2 Å². The van der Waals surface area contributed by atoms with Gasteiger partial charge in [0.15, 0.2) is 6.10 Å². The average Bonchev–Trinajstić information content (AvgIpc) is 2.42. The molecule has 5 heteroatoms. The molecule has 1 unspecified atom stereocenters. The number of benzene rings is 1. The summed E-state index contributed by atoms with van der Waals surface area (Å²) in [5.41, 5.74) is 0.0280. The van der Waals surface area contributed by atoms with E-state index in [2.05, 4.69) is 19.2 Å². The highest BCUT2D eigenvalue weighted by Crippen LogP contribution is 2.32. The lowest BCUT2D eigenvalue weighted by Gasteiger charge is -2.38. The third kappa shape index (κ3) is 3.40. The predicted molar refractivity (Wildman–Crippen MR) is 83.0 cm³/mol. The number of carbonyl (C=O) groups is 2. The molecule has 22 heavy (non-hydrogen) atoms. The number of carbonyl (C=O) groups excluding carboxylic acids is 1. The zero-order valence-electron chi connectivity index (χ0n) is 13.3. The molecule has 1 atom stereocenters. The Kier molecular flexibility index (Phi) is 4.74. The van der Waals surface area contributed by atoms with E-state index in [0.29, 0.717) is 24.5 Å². The van der Waals surface area contributed by atoms with Crippen molar-refractivity contribution in [3.8, 4) is 5.75 Å². The van der Waals surface area contributed by atoms with Gasteiger partial charge in [-0.1, -0.05) is 26.0 Å². The molecule has 1 fully saturated rings. The second-order valence-corrected chi connectivity index (χ2v) is 6.22. The number of rotatable bonds is 6. The summed E-state index contributed by atoms with van der Waals surface area (Å²) in [4.78, 5) is 23.5. The van der Waals surface area contributed by atoms with Crippen LogP contribution in [0, 0.1) is 0 Å². The second-order valence-electron chi connectivity index (χ2n) is 6.22. The maximum atomic E-state index is 12.2. The molecule has 0 spiro atoms. The minimum absolute atomic E-state index is 0.373. The normalized spacial score (nSPS) is 17.5. The number of aliphatic carboxylic acids is 1. The molecule has 0 aliphatic heterocycles. The number of carboxylic acid groups (broad SMARTS) is 1. The monoisotopic (exact) mass is 305 g/mol. The third-order valence-corrected chi connectivity index (χ3v) is 4.19. The maximum Gasteiger partial charge on any atom is 0.329 e. The number of carboxylic acids is 1. The smallest absolute Gasteiger partial charge is 0.329 e. The van der Waals surface area contributed by atoms with Crippen molar-refractivity contribution in [3.05, 3.63) is 29.8 Å². The Morgan fingerprint density at radius 2 is 1.95 bits per heavy atom. The highest BCUT2D eigenvalue weighted by molar-refractivity contribution is 5.89. The Balaban J connectivity index is 1.99. The molecule has 1 aliphatic rings. The van der Waals surface area contributed by atoms with E-state index in [0.717, 1.165) is 12.0 Å². The fourth-order valence-electron chi connectivity index (χ4n) is 2.46. The quantitative estimate of drug-likeness (QED) is 0.847. The lowest BCUT2D eigenvalue weighted by Crippen LogP contribution is -2.61. The highest BCUT2D eigenvalue weighted by Gasteiger charge is 2.46. The van der Waals surface area contributed by atoms with Crippen LogP contribution in [0.1, 0.15) is 51.5 Å². The zero-order valence-corrected chi connectivity index (χ0v) is 13.3. The lowest BCUT2D eigenvalue weighted by molar-refractivity contribution is -0.152. The van der Waals surface area contributed by atoms with E-state index in [1.165, 1.54) is 0 Å². The van der Waals surface area contributed by atoms with Gasteiger partial charge in [-0.2, -0.15) is 0 Å². The zero-order chi connectivity index (χ0) is 16.3. The SMILES string of the molecule is CC(Oc1cccc(C(C)C)c1)C(=O)NC1(C(=O)O)CCC1. The molecule has 0 saturated heterocycles. The summed E-state index contributed by atoms with van der Waals surface area (Å²) in [6.45, 7) is 5.80. The molecule has 5 nitrogen and oxygen atoms in total.